The van der Waals surface area contributed by atoms with Gasteiger partial charge in [-0.25, -0.2) is 0 Å². The van der Waals surface area contributed by atoms with Gasteiger partial charge in [0.25, 0.3) is 11.6 Å². The minimum Gasteiger partial charge on any atom is -0.359 e. The summed E-state index contributed by atoms with van der Waals surface area (Å²) in [5.74, 6) is -0.753. The molecule has 0 unspecified atom stereocenters. The highest BCUT2D eigenvalue weighted by molar-refractivity contribution is 6.34. The van der Waals surface area contributed by atoms with Crippen LogP contribution in [0.4, 0.5) is 17.1 Å². The summed E-state index contributed by atoms with van der Waals surface area (Å²) in [7, 11) is 0. The molecular weight excluding hydrogens is 334 g/mol. The number of nitro benzene ring substituents is 1. The van der Waals surface area contributed by atoms with Crippen LogP contribution in [0.1, 0.15) is 0 Å². The number of nitro groups is 1. The summed E-state index contributed by atoms with van der Waals surface area (Å²) in [6.07, 6.45) is 4.30. The smallest absolute Gasteiger partial charge is 0.271 e. The van der Waals surface area contributed by atoms with Crippen LogP contribution in [0.2, 0.25) is 5.02 Å². The molecule has 1 aromatic heterocycles. The van der Waals surface area contributed by atoms with E-state index in [1.54, 1.807) is 24.4 Å². The molecular formula is C15H10ClN5O3. The molecule has 2 N–H and O–H groups in total. The van der Waals surface area contributed by atoms with Crippen LogP contribution >= 0.6 is 11.6 Å². The molecule has 0 aliphatic carbocycles. The second kappa shape index (κ2) is 7.71. The maximum Gasteiger partial charge on any atom is 0.271 e. The molecule has 8 nitrogen and oxygen atoms in total. The standard InChI is InChI=1S/C15H10ClN5O3/c16-13-4-3-12(21(23)24)6-14(13)20-15(22)10(7-17)8-19-11-2-1-5-18-9-11/h1-6,8-9,19H,(H,20,22)/b10-8-. The fourth-order valence-corrected chi connectivity index (χ4v) is 1.83. The predicted molar refractivity (Wildman–Crippen MR) is 88.3 cm³/mol. The van der Waals surface area contributed by atoms with Crippen LogP contribution in [0.3, 0.4) is 0 Å². The number of hydrogen-bond acceptors (Lipinski definition) is 6. The number of anilines is 2. The third kappa shape index (κ3) is 4.28. The fraction of sp³-hybridized carbons (Fsp3) is 0. The van der Waals surface area contributed by atoms with Gasteiger partial charge in [0.05, 0.1) is 27.5 Å². The highest BCUT2D eigenvalue weighted by Gasteiger charge is 2.14. The molecule has 0 saturated heterocycles. The molecule has 0 atom stereocenters. The van der Waals surface area contributed by atoms with E-state index in [0.29, 0.717) is 5.69 Å². The van der Waals surface area contributed by atoms with E-state index in [1.807, 2.05) is 0 Å². The van der Waals surface area contributed by atoms with Gasteiger partial charge in [0.15, 0.2) is 0 Å². The topological polar surface area (TPSA) is 121 Å². The first-order chi connectivity index (χ1) is 11.5. The number of carbonyl (C=O) groups is 1. The quantitative estimate of drug-likeness (QED) is 0.372. The van der Waals surface area contributed by atoms with E-state index in [0.717, 1.165) is 6.07 Å². The first kappa shape index (κ1) is 16.9. The number of pyridine rings is 1. The molecule has 0 aliphatic heterocycles. The van der Waals surface area contributed by atoms with Crippen LogP contribution in [0.25, 0.3) is 0 Å². The molecule has 1 heterocycles. The van der Waals surface area contributed by atoms with Gasteiger partial charge < -0.3 is 10.6 Å². The lowest BCUT2D eigenvalue weighted by Gasteiger charge is -2.07. The van der Waals surface area contributed by atoms with E-state index < -0.39 is 10.8 Å². The van der Waals surface area contributed by atoms with Crippen molar-refractivity contribution in [1.82, 2.24) is 4.98 Å². The highest BCUT2D eigenvalue weighted by Crippen LogP contribution is 2.27. The molecule has 9 heteroatoms. The molecule has 2 rings (SSSR count). The van der Waals surface area contributed by atoms with Gasteiger partial charge in [-0.05, 0) is 18.2 Å². The third-order valence-electron chi connectivity index (χ3n) is 2.82. The Labute approximate surface area is 141 Å². The molecule has 0 aliphatic rings. The second-order valence-electron chi connectivity index (χ2n) is 4.43. The van der Waals surface area contributed by atoms with Gasteiger partial charge in [-0.2, -0.15) is 5.26 Å². The Kier molecular flexibility index (Phi) is 5.44. The number of halogens is 1. The van der Waals surface area contributed by atoms with Gasteiger partial charge in [0.1, 0.15) is 11.6 Å². The van der Waals surface area contributed by atoms with E-state index in [4.69, 9.17) is 16.9 Å². The fourth-order valence-electron chi connectivity index (χ4n) is 1.66. The number of hydrogen-bond donors (Lipinski definition) is 2. The Bertz CT molecular complexity index is 846. The molecule has 0 saturated carbocycles. The lowest BCUT2D eigenvalue weighted by molar-refractivity contribution is -0.384. The Hall–Kier alpha value is -3.44. The lowest BCUT2D eigenvalue weighted by atomic mass is 10.2. The van der Waals surface area contributed by atoms with E-state index in [2.05, 4.69) is 15.6 Å². The first-order valence-corrected chi connectivity index (χ1v) is 6.91. The van der Waals surface area contributed by atoms with Crippen LogP contribution in [-0.2, 0) is 4.79 Å². The van der Waals surface area contributed by atoms with Crippen molar-refractivity contribution in [2.45, 2.75) is 0 Å². The summed E-state index contributed by atoms with van der Waals surface area (Å²) in [5, 5.41) is 25.1. The van der Waals surface area contributed by atoms with Crippen molar-refractivity contribution >= 4 is 34.6 Å². The number of aromatic nitrogens is 1. The number of carbonyl (C=O) groups excluding carboxylic acids is 1. The molecule has 0 bridgehead atoms. The third-order valence-corrected chi connectivity index (χ3v) is 3.15. The SMILES string of the molecule is N#C/C(=C/Nc1cccnc1)C(=O)Nc1cc([N+](=O)[O-])ccc1Cl. The molecule has 120 valence electrons. The second-order valence-corrected chi connectivity index (χ2v) is 4.84. The molecule has 1 amide bonds. The average Bonchev–Trinajstić information content (AvgIpc) is 2.58. The number of nitrogens with zero attached hydrogens (tertiary/aromatic N) is 3. The van der Waals surface area contributed by atoms with Crippen LogP contribution in [0.5, 0.6) is 0 Å². The van der Waals surface area contributed by atoms with Crippen molar-refractivity contribution in [3.05, 3.63) is 69.6 Å². The average molecular weight is 344 g/mol. The predicted octanol–water partition coefficient (Wildman–Crippen LogP) is 3.10. The van der Waals surface area contributed by atoms with Crippen molar-refractivity contribution < 1.29 is 9.72 Å². The number of nitrogens with one attached hydrogen (secondary N) is 2. The molecule has 2 aromatic rings. The Morgan fingerprint density at radius 1 is 1.42 bits per heavy atom. The van der Waals surface area contributed by atoms with Gasteiger partial charge >= 0.3 is 0 Å². The largest absolute Gasteiger partial charge is 0.359 e. The van der Waals surface area contributed by atoms with E-state index in [-0.39, 0.29) is 22.0 Å². The Balaban J connectivity index is 2.17. The minimum absolute atomic E-state index is 0.0402. The summed E-state index contributed by atoms with van der Waals surface area (Å²) < 4.78 is 0. The lowest BCUT2D eigenvalue weighted by Crippen LogP contribution is -2.15. The highest BCUT2D eigenvalue weighted by atomic mass is 35.5. The van der Waals surface area contributed by atoms with Crippen LogP contribution in [-0.4, -0.2) is 15.8 Å². The zero-order valence-electron chi connectivity index (χ0n) is 12.1. The van der Waals surface area contributed by atoms with Crippen LogP contribution in [0.15, 0.2) is 54.5 Å². The van der Waals surface area contributed by atoms with Gasteiger partial charge in [-0.1, -0.05) is 11.6 Å². The summed E-state index contributed by atoms with van der Waals surface area (Å²) in [6, 6.07) is 8.74. The zero-order chi connectivity index (χ0) is 17.5. The van der Waals surface area contributed by atoms with Crippen molar-refractivity contribution in [3.63, 3.8) is 0 Å². The van der Waals surface area contributed by atoms with E-state index in [1.165, 1.54) is 24.5 Å². The number of amides is 1. The summed E-state index contributed by atoms with van der Waals surface area (Å²) >= 11 is 5.90. The first-order valence-electron chi connectivity index (χ1n) is 6.53. The number of rotatable bonds is 5. The zero-order valence-corrected chi connectivity index (χ0v) is 12.8. The number of non-ortho nitro benzene ring substituents is 1. The van der Waals surface area contributed by atoms with E-state index in [9.17, 15) is 14.9 Å². The van der Waals surface area contributed by atoms with Crippen molar-refractivity contribution in [2.75, 3.05) is 10.6 Å². The van der Waals surface area contributed by atoms with Crippen LogP contribution < -0.4 is 10.6 Å². The Morgan fingerprint density at radius 2 is 2.21 bits per heavy atom. The maximum absolute atomic E-state index is 12.1. The molecule has 1 aromatic carbocycles. The molecule has 0 radical (unpaired) electrons. The van der Waals surface area contributed by atoms with Crippen molar-refractivity contribution in [2.24, 2.45) is 0 Å². The molecule has 24 heavy (non-hydrogen) atoms. The van der Waals surface area contributed by atoms with Gasteiger partial charge in [-0.3, -0.25) is 19.9 Å². The van der Waals surface area contributed by atoms with Crippen molar-refractivity contribution in [3.8, 4) is 6.07 Å². The van der Waals surface area contributed by atoms with Gasteiger partial charge in [0.2, 0.25) is 0 Å². The minimum atomic E-state index is -0.753. The summed E-state index contributed by atoms with van der Waals surface area (Å²) in [6.45, 7) is 0. The number of benzene rings is 1. The van der Waals surface area contributed by atoms with Gasteiger partial charge in [-0.15, -0.1) is 0 Å². The molecule has 0 spiro atoms. The number of nitriles is 1. The van der Waals surface area contributed by atoms with Crippen molar-refractivity contribution in [1.29, 1.82) is 5.26 Å². The molecule has 0 fully saturated rings. The van der Waals surface area contributed by atoms with Gasteiger partial charge in [0, 0.05) is 24.5 Å². The Morgan fingerprint density at radius 3 is 2.83 bits per heavy atom. The monoisotopic (exact) mass is 343 g/mol. The maximum atomic E-state index is 12.1. The normalized spacial score (nSPS) is 10.6. The van der Waals surface area contributed by atoms with Crippen LogP contribution in [0, 0.1) is 21.4 Å². The summed E-state index contributed by atoms with van der Waals surface area (Å²) in [4.78, 5) is 26.2. The summed E-state index contributed by atoms with van der Waals surface area (Å²) in [5.41, 5.74) is 0.164. The van der Waals surface area contributed by atoms with E-state index >= 15 is 0 Å².